The van der Waals surface area contributed by atoms with E-state index in [2.05, 4.69) is 10.5 Å². The molecule has 0 aliphatic heterocycles. The van der Waals surface area contributed by atoms with Crippen molar-refractivity contribution in [2.45, 2.75) is 13.0 Å². The average Bonchev–Trinajstić information content (AvgIpc) is 2.94. The average molecular weight is 523 g/mol. The van der Waals surface area contributed by atoms with E-state index in [1.807, 2.05) is 72.8 Å². The summed E-state index contributed by atoms with van der Waals surface area (Å²) in [6.45, 7) is 1.66. The standard InChI is InChI=1S/C31H23ClN2O4/c1-20(37-28-12-6-9-21-7-3-5-11-26(21)28)30(35)34-33-19-27-25-10-4-2-8-22(25)15-18-29(27)38-31(36)23-13-16-24(32)17-14-23/h2-20H,1H3,(H,34,35)/b33-19+. The second-order valence-electron chi connectivity index (χ2n) is 8.57. The molecule has 1 amide bonds. The number of benzene rings is 5. The first-order chi connectivity index (χ1) is 18.5. The Bertz CT molecular complexity index is 1660. The van der Waals surface area contributed by atoms with Crippen LogP contribution in [0.3, 0.4) is 0 Å². The van der Waals surface area contributed by atoms with Crippen molar-refractivity contribution in [3.8, 4) is 11.5 Å². The van der Waals surface area contributed by atoms with Crippen molar-refractivity contribution in [1.82, 2.24) is 5.43 Å². The molecule has 0 saturated carbocycles. The first-order valence-corrected chi connectivity index (χ1v) is 12.3. The molecule has 1 unspecified atom stereocenters. The molecule has 0 spiro atoms. The fourth-order valence-electron chi connectivity index (χ4n) is 4.04. The summed E-state index contributed by atoms with van der Waals surface area (Å²) in [6, 6.07) is 31.1. The summed E-state index contributed by atoms with van der Waals surface area (Å²) in [6.07, 6.45) is 0.669. The number of hydrogen-bond acceptors (Lipinski definition) is 5. The molecule has 0 aliphatic carbocycles. The first kappa shape index (κ1) is 25.0. The van der Waals surface area contributed by atoms with E-state index in [1.165, 1.54) is 6.21 Å². The lowest BCUT2D eigenvalue weighted by molar-refractivity contribution is -0.127. The molecule has 0 saturated heterocycles. The predicted molar refractivity (Wildman–Crippen MR) is 150 cm³/mol. The minimum absolute atomic E-state index is 0.307. The molecular formula is C31H23ClN2O4. The number of amides is 1. The quantitative estimate of drug-likeness (QED) is 0.111. The van der Waals surface area contributed by atoms with Gasteiger partial charge in [-0.2, -0.15) is 5.10 Å². The van der Waals surface area contributed by atoms with Crippen LogP contribution in [0.25, 0.3) is 21.5 Å². The molecule has 5 aromatic carbocycles. The Balaban J connectivity index is 1.35. The number of carbonyl (C=O) groups excluding carboxylic acids is 2. The van der Waals surface area contributed by atoms with Crippen LogP contribution in [0.4, 0.5) is 0 Å². The maximum absolute atomic E-state index is 12.8. The molecule has 38 heavy (non-hydrogen) atoms. The van der Waals surface area contributed by atoms with Crippen LogP contribution >= 0.6 is 11.6 Å². The van der Waals surface area contributed by atoms with Crippen molar-refractivity contribution in [2.75, 3.05) is 0 Å². The Kier molecular flexibility index (Phi) is 7.33. The van der Waals surface area contributed by atoms with Gasteiger partial charge in [0.1, 0.15) is 11.5 Å². The molecule has 0 heterocycles. The van der Waals surface area contributed by atoms with E-state index in [-0.39, 0.29) is 0 Å². The van der Waals surface area contributed by atoms with Gasteiger partial charge in [0.15, 0.2) is 6.10 Å². The highest BCUT2D eigenvalue weighted by Gasteiger charge is 2.17. The van der Waals surface area contributed by atoms with Gasteiger partial charge < -0.3 is 9.47 Å². The van der Waals surface area contributed by atoms with Crippen LogP contribution in [0.2, 0.25) is 5.02 Å². The van der Waals surface area contributed by atoms with Crippen molar-refractivity contribution in [2.24, 2.45) is 5.10 Å². The highest BCUT2D eigenvalue weighted by atomic mass is 35.5. The van der Waals surface area contributed by atoms with Crippen LogP contribution in [0.1, 0.15) is 22.8 Å². The molecule has 0 aromatic heterocycles. The molecule has 0 radical (unpaired) electrons. The van der Waals surface area contributed by atoms with Gasteiger partial charge in [0.05, 0.1) is 11.8 Å². The lowest BCUT2D eigenvalue weighted by Gasteiger charge is -2.15. The normalized spacial score (nSPS) is 11.9. The molecule has 5 aromatic rings. The summed E-state index contributed by atoms with van der Waals surface area (Å²) in [5.74, 6) is -0.0382. The smallest absolute Gasteiger partial charge is 0.343 e. The molecule has 0 aliphatic rings. The summed E-state index contributed by atoms with van der Waals surface area (Å²) in [7, 11) is 0. The third kappa shape index (κ3) is 5.51. The van der Waals surface area contributed by atoms with E-state index in [0.717, 1.165) is 21.5 Å². The number of fused-ring (bicyclic) bond motifs is 2. The minimum atomic E-state index is -0.798. The van der Waals surface area contributed by atoms with Crippen molar-refractivity contribution in [3.63, 3.8) is 0 Å². The van der Waals surface area contributed by atoms with E-state index < -0.39 is 18.0 Å². The molecule has 7 heteroatoms. The lowest BCUT2D eigenvalue weighted by atomic mass is 10.0. The zero-order valence-electron chi connectivity index (χ0n) is 20.4. The lowest BCUT2D eigenvalue weighted by Crippen LogP contribution is -2.33. The van der Waals surface area contributed by atoms with Crippen molar-refractivity contribution >= 4 is 51.2 Å². The SMILES string of the molecule is CC(Oc1cccc2ccccc12)C(=O)N/N=C/c1c(OC(=O)c2ccc(Cl)cc2)ccc2ccccc12. The number of nitrogens with one attached hydrogen (secondary N) is 1. The zero-order valence-corrected chi connectivity index (χ0v) is 21.2. The minimum Gasteiger partial charge on any atom is -0.480 e. The zero-order chi connectivity index (χ0) is 26.5. The number of carbonyl (C=O) groups is 2. The highest BCUT2D eigenvalue weighted by molar-refractivity contribution is 6.30. The molecule has 5 rings (SSSR count). The summed E-state index contributed by atoms with van der Waals surface area (Å²) in [5, 5.41) is 8.36. The number of hydrazone groups is 1. The number of nitrogens with zero attached hydrogens (tertiary/aromatic N) is 1. The third-order valence-electron chi connectivity index (χ3n) is 6.00. The van der Waals surface area contributed by atoms with Crippen LogP contribution in [0.5, 0.6) is 11.5 Å². The Hall–Kier alpha value is -4.68. The van der Waals surface area contributed by atoms with Gasteiger partial charge in [-0.15, -0.1) is 0 Å². The van der Waals surface area contributed by atoms with Gasteiger partial charge in [-0.1, -0.05) is 78.3 Å². The summed E-state index contributed by atoms with van der Waals surface area (Å²) in [5.41, 5.74) is 3.44. The van der Waals surface area contributed by atoms with Gasteiger partial charge in [-0.05, 0) is 59.5 Å². The van der Waals surface area contributed by atoms with E-state index in [4.69, 9.17) is 21.1 Å². The van der Waals surface area contributed by atoms with Crippen molar-refractivity contribution < 1.29 is 19.1 Å². The second-order valence-corrected chi connectivity index (χ2v) is 9.00. The van der Waals surface area contributed by atoms with Gasteiger partial charge in [0.25, 0.3) is 5.91 Å². The Morgan fingerprint density at radius 1 is 0.789 bits per heavy atom. The molecule has 6 nitrogen and oxygen atoms in total. The number of hydrogen-bond donors (Lipinski definition) is 1. The molecule has 0 bridgehead atoms. The summed E-state index contributed by atoms with van der Waals surface area (Å²) in [4.78, 5) is 25.5. The Labute approximate surface area is 224 Å². The number of ether oxygens (including phenoxy) is 2. The largest absolute Gasteiger partial charge is 0.480 e. The van der Waals surface area contributed by atoms with Crippen molar-refractivity contribution in [3.05, 3.63) is 119 Å². The third-order valence-corrected chi connectivity index (χ3v) is 6.26. The van der Waals surface area contributed by atoms with Gasteiger partial charge in [-0.25, -0.2) is 10.2 Å². The number of halogens is 1. The van der Waals surface area contributed by atoms with Crippen LogP contribution in [0, 0.1) is 0 Å². The summed E-state index contributed by atoms with van der Waals surface area (Å²) >= 11 is 5.93. The van der Waals surface area contributed by atoms with Crippen LogP contribution in [-0.4, -0.2) is 24.2 Å². The van der Waals surface area contributed by atoms with E-state index >= 15 is 0 Å². The van der Waals surface area contributed by atoms with E-state index in [1.54, 1.807) is 37.3 Å². The van der Waals surface area contributed by atoms with Gasteiger partial charge in [0, 0.05) is 16.0 Å². The highest BCUT2D eigenvalue weighted by Crippen LogP contribution is 2.28. The molecule has 1 atom stereocenters. The van der Waals surface area contributed by atoms with E-state index in [9.17, 15) is 9.59 Å². The van der Waals surface area contributed by atoms with Gasteiger partial charge >= 0.3 is 5.97 Å². The fraction of sp³-hybridized carbons (Fsp3) is 0.0645. The molecular weight excluding hydrogens is 500 g/mol. The molecule has 188 valence electrons. The first-order valence-electron chi connectivity index (χ1n) is 12.0. The Morgan fingerprint density at radius 3 is 2.21 bits per heavy atom. The van der Waals surface area contributed by atoms with Crippen LogP contribution in [-0.2, 0) is 4.79 Å². The van der Waals surface area contributed by atoms with Crippen LogP contribution in [0.15, 0.2) is 108 Å². The number of esters is 1. The van der Waals surface area contributed by atoms with Crippen molar-refractivity contribution in [1.29, 1.82) is 0 Å². The van der Waals surface area contributed by atoms with Crippen LogP contribution < -0.4 is 14.9 Å². The fourth-order valence-corrected chi connectivity index (χ4v) is 4.16. The van der Waals surface area contributed by atoms with Gasteiger partial charge in [-0.3, -0.25) is 4.79 Å². The Morgan fingerprint density at radius 2 is 1.45 bits per heavy atom. The monoisotopic (exact) mass is 522 g/mol. The maximum atomic E-state index is 12.8. The molecule has 0 fully saturated rings. The topological polar surface area (TPSA) is 77.0 Å². The van der Waals surface area contributed by atoms with E-state index in [0.29, 0.717) is 27.6 Å². The van der Waals surface area contributed by atoms with Gasteiger partial charge in [0.2, 0.25) is 0 Å². The predicted octanol–water partition coefficient (Wildman–Crippen LogP) is 6.78. The maximum Gasteiger partial charge on any atom is 0.343 e. The summed E-state index contributed by atoms with van der Waals surface area (Å²) < 4.78 is 11.6. The molecule has 1 N–H and O–H groups in total. The number of rotatable bonds is 7. The second kappa shape index (κ2) is 11.2.